The largest absolute Gasteiger partial charge is 0.497 e. The molecule has 0 saturated heterocycles. The molecule has 37 heavy (non-hydrogen) atoms. The molecule has 0 radical (unpaired) electrons. The zero-order valence-corrected chi connectivity index (χ0v) is 20.1. The molecule has 0 unspecified atom stereocenters. The average Bonchev–Trinajstić information content (AvgIpc) is 3.58. The molecule has 0 spiro atoms. The van der Waals surface area contributed by atoms with Crippen molar-refractivity contribution < 1.29 is 24.1 Å². The van der Waals surface area contributed by atoms with Crippen molar-refractivity contribution in [2.45, 2.75) is 12.3 Å². The van der Waals surface area contributed by atoms with E-state index >= 15 is 0 Å². The summed E-state index contributed by atoms with van der Waals surface area (Å²) in [5, 5.41) is 17.1. The number of carbonyl (C=O) groups is 1. The predicted molar refractivity (Wildman–Crippen MR) is 140 cm³/mol. The molecule has 7 nitrogen and oxygen atoms in total. The Bertz CT molecular complexity index is 1600. The minimum absolute atomic E-state index is 0.188. The summed E-state index contributed by atoms with van der Waals surface area (Å²) < 4.78 is 18.2. The van der Waals surface area contributed by atoms with E-state index in [-0.39, 0.29) is 13.2 Å². The maximum absolute atomic E-state index is 12.5. The first-order chi connectivity index (χ1) is 18.1. The van der Waals surface area contributed by atoms with Gasteiger partial charge in [-0.25, -0.2) is 4.68 Å². The van der Waals surface area contributed by atoms with Gasteiger partial charge >= 0.3 is 5.97 Å². The summed E-state index contributed by atoms with van der Waals surface area (Å²) in [6, 6.07) is 28.9. The van der Waals surface area contributed by atoms with Crippen LogP contribution in [0.3, 0.4) is 0 Å². The molecule has 1 aliphatic rings. The molecule has 5 aromatic rings. The number of aromatic nitrogens is 2. The van der Waals surface area contributed by atoms with E-state index in [0.717, 1.165) is 39.0 Å². The van der Waals surface area contributed by atoms with Gasteiger partial charge in [-0.3, -0.25) is 4.79 Å². The summed E-state index contributed by atoms with van der Waals surface area (Å²) in [5.74, 6) is 0.458. The lowest BCUT2D eigenvalue weighted by molar-refractivity contribution is -0.138. The Morgan fingerprint density at radius 2 is 1.76 bits per heavy atom. The van der Waals surface area contributed by atoms with Gasteiger partial charge in [-0.2, -0.15) is 5.10 Å². The van der Waals surface area contributed by atoms with Gasteiger partial charge in [0.2, 0.25) is 6.79 Å². The number of rotatable bonds is 7. The van der Waals surface area contributed by atoms with E-state index in [2.05, 4.69) is 0 Å². The third kappa shape index (κ3) is 4.25. The highest BCUT2D eigenvalue weighted by molar-refractivity contribution is 5.91. The van der Waals surface area contributed by atoms with Crippen LogP contribution in [0.15, 0.2) is 91.0 Å². The summed E-state index contributed by atoms with van der Waals surface area (Å²) in [5.41, 5.74) is 3.98. The van der Waals surface area contributed by atoms with Crippen molar-refractivity contribution in [2.24, 2.45) is 0 Å². The Hall–Kier alpha value is -4.78. The van der Waals surface area contributed by atoms with Gasteiger partial charge in [0.1, 0.15) is 5.75 Å². The molecule has 0 aliphatic carbocycles. The number of fused-ring (bicyclic) bond motifs is 2. The van der Waals surface area contributed by atoms with Crippen molar-refractivity contribution in [3.05, 3.63) is 102 Å². The van der Waals surface area contributed by atoms with Gasteiger partial charge in [0.15, 0.2) is 11.5 Å². The maximum Gasteiger partial charge on any atom is 0.311 e. The average molecular weight is 493 g/mol. The lowest BCUT2D eigenvalue weighted by Gasteiger charge is -2.14. The van der Waals surface area contributed by atoms with Crippen LogP contribution < -0.4 is 14.2 Å². The van der Waals surface area contributed by atoms with Crippen molar-refractivity contribution in [1.82, 2.24) is 9.78 Å². The summed E-state index contributed by atoms with van der Waals surface area (Å²) in [6.45, 7) is 0.188. The second-order valence-electron chi connectivity index (χ2n) is 8.86. The Balaban J connectivity index is 1.44. The number of carboxylic acids is 1. The summed E-state index contributed by atoms with van der Waals surface area (Å²) >= 11 is 0. The predicted octanol–water partition coefficient (Wildman–Crippen LogP) is 5.84. The number of nitrogens with zero attached hydrogens (tertiary/aromatic N) is 2. The fourth-order valence-corrected chi connectivity index (χ4v) is 4.81. The second-order valence-corrected chi connectivity index (χ2v) is 8.86. The van der Waals surface area contributed by atoms with E-state index in [1.54, 1.807) is 7.11 Å². The summed E-state index contributed by atoms with van der Waals surface area (Å²) in [6.07, 6.45) is 0.240. The van der Waals surface area contributed by atoms with E-state index in [1.165, 1.54) is 0 Å². The molecule has 2 heterocycles. The van der Waals surface area contributed by atoms with Gasteiger partial charge in [-0.1, -0.05) is 42.5 Å². The summed E-state index contributed by atoms with van der Waals surface area (Å²) in [4.78, 5) is 12.5. The van der Waals surface area contributed by atoms with Crippen molar-refractivity contribution in [2.75, 3.05) is 13.9 Å². The van der Waals surface area contributed by atoms with Crippen molar-refractivity contribution >= 4 is 16.7 Å². The van der Waals surface area contributed by atoms with Gasteiger partial charge in [0, 0.05) is 12.0 Å². The Labute approximate surface area is 213 Å². The highest BCUT2D eigenvalue weighted by Gasteiger charge is 2.25. The fourth-order valence-electron chi connectivity index (χ4n) is 4.81. The monoisotopic (exact) mass is 492 g/mol. The van der Waals surface area contributed by atoms with Crippen LogP contribution in [-0.4, -0.2) is 34.8 Å². The van der Waals surface area contributed by atoms with Crippen molar-refractivity contribution in [3.63, 3.8) is 0 Å². The number of benzene rings is 4. The molecule has 1 aromatic heterocycles. The summed E-state index contributed by atoms with van der Waals surface area (Å²) in [7, 11) is 1.62. The minimum Gasteiger partial charge on any atom is -0.497 e. The first kappa shape index (κ1) is 22.7. The number of carboxylic acid groups (broad SMARTS) is 1. The topological polar surface area (TPSA) is 82.8 Å². The van der Waals surface area contributed by atoms with Crippen LogP contribution in [0, 0.1) is 0 Å². The lowest BCUT2D eigenvalue weighted by Crippen LogP contribution is -2.15. The first-order valence-corrected chi connectivity index (χ1v) is 11.9. The van der Waals surface area contributed by atoms with E-state index in [1.807, 2.05) is 95.7 Å². The highest BCUT2D eigenvalue weighted by Crippen LogP contribution is 2.37. The number of aliphatic carboxylic acids is 1. The Morgan fingerprint density at radius 1 is 0.973 bits per heavy atom. The lowest BCUT2D eigenvalue weighted by atomic mass is 9.90. The van der Waals surface area contributed by atoms with Crippen LogP contribution in [0.25, 0.3) is 27.7 Å². The van der Waals surface area contributed by atoms with Gasteiger partial charge in [0.25, 0.3) is 0 Å². The third-order valence-corrected chi connectivity index (χ3v) is 6.66. The van der Waals surface area contributed by atoms with Gasteiger partial charge in [0.05, 0.1) is 30.1 Å². The highest BCUT2D eigenvalue weighted by atomic mass is 16.7. The second kappa shape index (κ2) is 9.35. The van der Waals surface area contributed by atoms with Gasteiger partial charge < -0.3 is 19.3 Å². The minimum atomic E-state index is -0.889. The molecule has 6 rings (SSSR count). The molecule has 1 atom stereocenters. The fraction of sp³-hybridized carbons (Fsp3) is 0.133. The standard InChI is InChI=1S/C30H24N2O5/c1-35-23-12-10-22(11-13-23)32-27(20-9-14-28-29(15-20)37-18-36-28)17-21(31-32)16-26(30(33)34)25-8-4-6-19-5-2-3-7-24(19)25/h2-15,17,26H,16,18H2,1H3,(H,33,34)/t26-/m0/s1. The number of ether oxygens (including phenoxy) is 3. The molecule has 0 bridgehead atoms. The normalized spacial score (nSPS) is 13.0. The van der Waals surface area contributed by atoms with Crippen LogP contribution in [0.1, 0.15) is 17.2 Å². The molecular weight excluding hydrogens is 468 g/mol. The van der Waals surface area contributed by atoms with Gasteiger partial charge in [-0.05, 0) is 64.9 Å². The zero-order chi connectivity index (χ0) is 25.4. The molecule has 0 saturated carbocycles. The molecule has 1 N–H and O–H groups in total. The van der Waals surface area contributed by atoms with E-state index in [0.29, 0.717) is 17.2 Å². The molecule has 1 aliphatic heterocycles. The van der Waals surface area contributed by atoms with Crippen molar-refractivity contribution in [1.29, 1.82) is 0 Å². The third-order valence-electron chi connectivity index (χ3n) is 6.66. The SMILES string of the molecule is COc1ccc(-n2nc(C[C@H](C(=O)O)c3cccc4ccccc34)cc2-c2ccc3c(c2)OCO3)cc1. The smallest absolute Gasteiger partial charge is 0.311 e. The molecule has 4 aromatic carbocycles. The first-order valence-electron chi connectivity index (χ1n) is 11.9. The van der Waals surface area contributed by atoms with Crippen LogP contribution in [-0.2, 0) is 11.2 Å². The molecule has 0 amide bonds. The quantitative estimate of drug-likeness (QED) is 0.307. The molecule has 0 fully saturated rings. The molecular formula is C30H24N2O5. The number of methoxy groups -OCH3 is 1. The number of hydrogen-bond acceptors (Lipinski definition) is 5. The van der Waals surface area contributed by atoms with E-state index in [4.69, 9.17) is 19.3 Å². The molecule has 184 valence electrons. The van der Waals surface area contributed by atoms with Crippen LogP contribution in [0.2, 0.25) is 0 Å². The maximum atomic E-state index is 12.5. The molecule has 7 heteroatoms. The van der Waals surface area contributed by atoms with Crippen molar-refractivity contribution in [3.8, 4) is 34.2 Å². The zero-order valence-electron chi connectivity index (χ0n) is 20.1. The van der Waals surface area contributed by atoms with E-state index in [9.17, 15) is 9.90 Å². The van der Waals surface area contributed by atoms with E-state index < -0.39 is 11.9 Å². The van der Waals surface area contributed by atoms with Crippen LogP contribution in [0.5, 0.6) is 17.2 Å². The Morgan fingerprint density at radius 3 is 2.57 bits per heavy atom. The van der Waals surface area contributed by atoms with Crippen LogP contribution >= 0.6 is 0 Å². The van der Waals surface area contributed by atoms with Gasteiger partial charge in [-0.15, -0.1) is 0 Å². The number of hydrogen-bond donors (Lipinski definition) is 1. The Kier molecular flexibility index (Phi) is 5.73. The van der Waals surface area contributed by atoms with Crippen LogP contribution in [0.4, 0.5) is 0 Å².